The Morgan fingerprint density at radius 1 is 0.955 bits per heavy atom. The maximum atomic E-state index is 12.2. The van der Waals surface area contributed by atoms with Crippen molar-refractivity contribution < 1.29 is 34.7 Å². The predicted molar refractivity (Wildman–Crippen MR) is 70.6 cm³/mol. The summed E-state index contributed by atoms with van der Waals surface area (Å²) in [5, 5.41) is 42.7. The topological polar surface area (TPSA) is 128 Å². The quantitative estimate of drug-likeness (QED) is 0.377. The Morgan fingerprint density at radius 2 is 1.59 bits per heavy atom. The molecule has 118 valence electrons. The molecule has 1 unspecified atom stereocenters. The van der Waals surface area contributed by atoms with E-state index in [1.807, 2.05) is 0 Å². The number of aliphatic hydroxyl groups is 4. The van der Waals surface area contributed by atoms with Gasteiger partial charge in [0.25, 0.3) is 5.91 Å². The van der Waals surface area contributed by atoms with Crippen LogP contribution in [0, 0.1) is 0 Å². The molecule has 1 saturated carbocycles. The van der Waals surface area contributed by atoms with Gasteiger partial charge in [-0.15, -0.1) is 0 Å². The van der Waals surface area contributed by atoms with Crippen LogP contribution in [0.4, 0.5) is 0 Å². The van der Waals surface area contributed by atoms with Crippen molar-refractivity contribution in [2.75, 3.05) is 6.79 Å². The molecule has 22 heavy (non-hydrogen) atoms. The highest BCUT2D eigenvalue weighted by Crippen LogP contribution is 2.44. The molecule has 1 fully saturated rings. The summed E-state index contributed by atoms with van der Waals surface area (Å²) in [4.78, 5) is 12.2. The first kappa shape index (κ1) is 13.8. The third-order valence-electron chi connectivity index (χ3n) is 4.62. The number of carbonyl (C=O) groups is 1. The highest BCUT2D eigenvalue weighted by Gasteiger charge is 2.52. The zero-order valence-corrected chi connectivity index (χ0v) is 11.3. The van der Waals surface area contributed by atoms with Gasteiger partial charge in [0.15, 0.2) is 11.5 Å². The lowest BCUT2D eigenvalue weighted by Gasteiger charge is -2.47. The summed E-state index contributed by atoms with van der Waals surface area (Å²) >= 11 is 0. The van der Waals surface area contributed by atoms with E-state index in [9.17, 15) is 25.2 Å². The average Bonchev–Trinajstić information content (AvgIpc) is 2.96. The van der Waals surface area contributed by atoms with Crippen molar-refractivity contribution in [3.05, 3.63) is 23.3 Å². The van der Waals surface area contributed by atoms with E-state index in [1.165, 1.54) is 6.07 Å². The molecule has 3 aliphatic rings. The minimum atomic E-state index is -1.54. The molecule has 1 aromatic rings. The lowest BCUT2D eigenvalue weighted by atomic mass is 9.70. The van der Waals surface area contributed by atoms with E-state index < -0.39 is 42.3 Å². The minimum Gasteiger partial charge on any atom is -0.454 e. The normalized spacial score (nSPS) is 39.0. The van der Waals surface area contributed by atoms with Crippen molar-refractivity contribution in [1.82, 2.24) is 5.32 Å². The first-order chi connectivity index (χ1) is 10.5. The van der Waals surface area contributed by atoms with Crippen molar-refractivity contribution >= 4 is 5.91 Å². The molecule has 0 bridgehead atoms. The van der Waals surface area contributed by atoms with Crippen molar-refractivity contribution in [1.29, 1.82) is 0 Å². The molecule has 0 aromatic heterocycles. The Kier molecular flexibility index (Phi) is 2.85. The van der Waals surface area contributed by atoms with Gasteiger partial charge in [0, 0.05) is 11.5 Å². The van der Waals surface area contributed by atoms with Gasteiger partial charge in [-0.1, -0.05) is 0 Å². The van der Waals surface area contributed by atoms with Crippen LogP contribution in [-0.2, 0) is 0 Å². The second kappa shape index (κ2) is 4.56. The predicted octanol–water partition coefficient (Wildman–Crippen LogP) is -1.93. The van der Waals surface area contributed by atoms with Gasteiger partial charge in [-0.2, -0.15) is 0 Å². The highest BCUT2D eigenvalue weighted by atomic mass is 16.7. The molecule has 1 amide bonds. The van der Waals surface area contributed by atoms with Crippen LogP contribution in [0.1, 0.15) is 21.8 Å². The van der Waals surface area contributed by atoms with Gasteiger partial charge in [0.05, 0.1) is 12.1 Å². The van der Waals surface area contributed by atoms with Crippen LogP contribution in [0.2, 0.25) is 0 Å². The summed E-state index contributed by atoms with van der Waals surface area (Å²) in [7, 11) is 0. The van der Waals surface area contributed by atoms with Crippen LogP contribution in [0.3, 0.4) is 0 Å². The Labute approximate surface area is 124 Å². The Morgan fingerprint density at radius 3 is 2.32 bits per heavy atom. The van der Waals surface area contributed by atoms with Crippen LogP contribution >= 0.6 is 0 Å². The van der Waals surface area contributed by atoms with E-state index in [0.717, 1.165) is 0 Å². The Bertz CT molecular complexity index is 648. The molecule has 2 aliphatic heterocycles. The zero-order chi connectivity index (χ0) is 15.6. The number of hydrogen-bond donors (Lipinski definition) is 5. The maximum absolute atomic E-state index is 12.2. The van der Waals surface area contributed by atoms with Crippen LogP contribution in [0.15, 0.2) is 12.1 Å². The first-order valence-corrected chi connectivity index (χ1v) is 6.95. The van der Waals surface area contributed by atoms with Crippen LogP contribution in [0.5, 0.6) is 11.5 Å². The SMILES string of the molecule is O=C1NC2[C@@H](c3cc4c(cc31)OCO4)[C@@H](O)[C@H](O)[C@@H](O)[C@H]2O. The third kappa shape index (κ3) is 1.69. The molecule has 0 saturated heterocycles. The Hall–Kier alpha value is -1.87. The van der Waals surface area contributed by atoms with E-state index >= 15 is 0 Å². The number of hydrogen-bond acceptors (Lipinski definition) is 7. The van der Waals surface area contributed by atoms with E-state index in [2.05, 4.69) is 5.32 Å². The van der Waals surface area contributed by atoms with Gasteiger partial charge in [0.1, 0.15) is 18.3 Å². The number of amides is 1. The molecule has 5 N–H and O–H groups in total. The summed E-state index contributed by atoms with van der Waals surface area (Å²) < 4.78 is 10.5. The number of fused-ring (bicyclic) bond motifs is 4. The molecule has 1 aliphatic carbocycles. The van der Waals surface area contributed by atoms with Crippen LogP contribution in [-0.4, -0.2) is 63.6 Å². The molecule has 6 atom stereocenters. The van der Waals surface area contributed by atoms with E-state index in [0.29, 0.717) is 22.6 Å². The number of aliphatic hydroxyl groups excluding tert-OH is 4. The minimum absolute atomic E-state index is 0.0421. The van der Waals surface area contributed by atoms with Crippen molar-refractivity contribution in [3.63, 3.8) is 0 Å². The lowest BCUT2D eigenvalue weighted by Crippen LogP contribution is -2.66. The standard InChI is InChI=1S/C14H15NO7/c16-10-8-4-1-6-7(22-3-21-6)2-5(4)14(20)15-9(8)11(17)13(19)12(10)18/h1-2,8-13,16-19H,3H2,(H,15,20)/t8-,9?,10-,11+,12+,13+/m1/s1. The molecule has 1 aromatic carbocycles. The van der Waals surface area contributed by atoms with E-state index in [4.69, 9.17) is 9.47 Å². The molecule has 8 nitrogen and oxygen atoms in total. The number of rotatable bonds is 0. The van der Waals surface area contributed by atoms with Gasteiger partial charge in [-0.3, -0.25) is 4.79 Å². The smallest absolute Gasteiger partial charge is 0.252 e. The molecule has 4 rings (SSSR count). The van der Waals surface area contributed by atoms with Gasteiger partial charge >= 0.3 is 0 Å². The fourth-order valence-electron chi connectivity index (χ4n) is 3.47. The summed E-state index contributed by atoms with van der Waals surface area (Å²) in [6.45, 7) is 0.0421. The molecule has 2 heterocycles. The molecular weight excluding hydrogens is 294 g/mol. The fraction of sp³-hybridized carbons (Fsp3) is 0.500. The maximum Gasteiger partial charge on any atom is 0.252 e. The highest BCUT2D eigenvalue weighted by molar-refractivity contribution is 5.98. The average molecular weight is 309 g/mol. The largest absolute Gasteiger partial charge is 0.454 e. The molecule has 8 heteroatoms. The fourth-order valence-corrected chi connectivity index (χ4v) is 3.47. The monoisotopic (exact) mass is 309 g/mol. The summed E-state index contributed by atoms with van der Waals surface area (Å²) in [6.07, 6.45) is -5.76. The molecular formula is C14H15NO7. The number of benzene rings is 1. The summed E-state index contributed by atoms with van der Waals surface area (Å²) in [5.74, 6) is -0.326. The third-order valence-corrected chi connectivity index (χ3v) is 4.62. The van der Waals surface area contributed by atoms with Crippen LogP contribution in [0.25, 0.3) is 0 Å². The second-order valence-corrected chi connectivity index (χ2v) is 5.78. The summed E-state index contributed by atoms with van der Waals surface area (Å²) in [5.41, 5.74) is 0.746. The molecule has 0 radical (unpaired) electrons. The Balaban J connectivity index is 1.86. The molecule has 0 spiro atoms. The number of carbonyl (C=O) groups excluding carboxylic acids is 1. The van der Waals surface area contributed by atoms with Crippen LogP contribution < -0.4 is 14.8 Å². The van der Waals surface area contributed by atoms with Crippen molar-refractivity contribution in [3.8, 4) is 11.5 Å². The van der Waals surface area contributed by atoms with Crippen molar-refractivity contribution in [2.45, 2.75) is 36.4 Å². The van der Waals surface area contributed by atoms with E-state index in [1.54, 1.807) is 6.07 Å². The summed E-state index contributed by atoms with van der Waals surface area (Å²) in [6, 6.07) is 2.20. The lowest BCUT2D eigenvalue weighted by molar-refractivity contribution is -0.155. The van der Waals surface area contributed by atoms with Crippen molar-refractivity contribution in [2.24, 2.45) is 0 Å². The van der Waals surface area contributed by atoms with Gasteiger partial charge in [-0.25, -0.2) is 0 Å². The second-order valence-electron chi connectivity index (χ2n) is 5.78. The zero-order valence-electron chi connectivity index (χ0n) is 11.3. The van der Waals surface area contributed by atoms with Gasteiger partial charge in [-0.05, 0) is 17.7 Å². The van der Waals surface area contributed by atoms with Gasteiger partial charge < -0.3 is 35.2 Å². The van der Waals surface area contributed by atoms with E-state index in [-0.39, 0.29) is 6.79 Å². The first-order valence-electron chi connectivity index (χ1n) is 6.95. The van der Waals surface area contributed by atoms with Gasteiger partial charge in [0.2, 0.25) is 6.79 Å². The number of nitrogens with one attached hydrogen (secondary N) is 1. The number of ether oxygens (including phenoxy) is 2.